The topological polar surface area (TPSA) is 64.6 Å². The van der Waals surface area contributed by atoms with Crippen molar-refractivity contribution in [3.05, 3.63) is 46.3 Å². The van der Waals surface area contributed by atoms with Crippen LogP contribution in [-0.4, -0.2) is 25.1 Å². The van der Waals surface area contributed by atoms with Crippen molar-refractivity contribution in [3.8, 4) is 5.75 Å². The molecule has 30 heavy (non-hydrogen) atoms. The zero-order valence-electron chi connectivity index (χ0n) is 18.4. The molecule has 0 bridgehead atoms. The van der Waals surface area contributed by atoms with Gasteiger partial charge in [-0.15, -0.1) is 11.3 Å². The minimum absolute atomic E-state index is 0.202. The van der Waals surface area contributed by atoms with E-state index in [-0.39, 0.29) is 11.3 Å². The number of nitrogens with one attached hydrogen (secondary N) is 1. The molecule has 0 saturated heterocycles. The fourth-order valence-corrected chi connectivity index (χ4v) is 5.23. The Labute approximate surface area is 182 Å². The van der Waals surface area contributed by atoms with Crippen molar-refractivity contribution in [1.29, 1.82) is 0 Å². The highest BCUT2D eigenvalue weighted by Crippen LogP contribution is 2.44. The fraction of sp³-hybridized carbons (Fsp3) is 0.500. The van der Waals surface area contributed by atoms with Gasteiger partial charge in [0.05, 0.1) is 12.7 Å². The van der Waals surface area contributed by atoms with E-state index >= 15 is 0 Å². The van der Waals surface area contributed by atoms with Gasteiger partial charge in [-0.2, -0.15) is 0 Å². The third-order valence-electron chi connectivity index (χ3n) is 5.80. The summed E-state index contributed by atoms with van der Waals surface area (Å²) in [5.74, 6) is 0.542. The number of hydrogen-bond donors (Lipinski definition) is 1. The molecule has 1 aliphatic rings. The van der Waals surface area contributed by atoms with Gasteiger partial charge >= 0.3 is 5.97 Å². The standard InChI is InChI=1S/C24H31NO4S/c1-6-18(29-16-10-8-7-9-11-16)21(26)25-22-20(23(27)28-5)17-13-12-15(24(2,3)4)14-19(17)30-22/h7-11,15,18H,6,12-14H2,1-5H3,(H,25,26). The van der Waals surface area contributed by atoms with E-state index in [1.54, 1.807) is 0 Å². The summed E-state index contributed by atoms with van der Waals surface area (Å²) in [6.07, 6.45) is 2.65. The number of rotatable bonds is 6. The van der Waals surface area contributed by atoms with Gasteiger partial charge in [-0.1, -0.05) is 45.9 Å². The van der Waals surface area contributed by atoms with Crippen molar-refractivity contribution in [3.63, 3.8) is 0 Å². The summed E-state index contributed by atoms with van der Waals surface area (Å²) in [6.45, 7) is 8.68. The van der Waals surface area contributed by atoms with Crippen LogP contribution in [0.2, 0.25) is 0 Å². The van der Waals surface area contributed by atoms with Crippen LogP contribution in [-0.2, 0) is 22.4 Å². The molecule has 0 radical (unpaired) electrons. The number of fused-ring (bicyclic) bond motifs is 1. The number of anilines is 1. The van der Waals surface area contributed by atoms with Crippen LogP contribution in [0.3, 0.4) is 0 Å². The third-order valence-corrected chi connectivity index (χ3v) is 6.97. The van der Waals surface area contributed by atoms with E-state index in [1.165, 1.54) is 23.3 Å². The highest BCUT2D eigenvalue weighted by Gasteiger charge is 2.35. The molecule has 0 fully saturated rings. The van der Waals surface area contributed by atoms with E-state index < -0.39 is 12.1 Å². The molecule has 1 aliphatic carbocycles. The normalized spacial score (nSPS) is 17.0. The van der Waals surface area contributed by atoms with Crippen molar-refractivity contribution in [2.24, 2.45) is 11.3 Å². The monoisotopic (exact) mass is 429 g/mol. The molecule has 1 amide bonds. The largest absolute Gasteiger partial charge is 0.481 e. The summed E-state index contributed by atoms with van der Waals surface area (Å²) >= 11 is 1.50. The molecule has 5 nitrogen and oxygen atoms in total. The Balaban J connectivity index is 1.85. The predicted octanol–water partition coefficient (Wildman–Crippen LogP) is 5.48. The Morgan fingerprint density at radius 1 is 1.23 bits per heavy atom. The number of methoxy groups -OCH3 is 1. The second kappa shape index (κ2) is 9.21. The van der Waals surface area contributed by atoms with Gasteiger partial charge in [-0.25, -0.2) is 4.79 Å². The zero-order valence-corrected chi connectivity index (χ0v) is 19.2. The number of thiophene rings is 1. The van der Waals surface area contributed by atoms with Gasteiger partial charge in [0, 0.05) is 4.88 Å². The average molecular weight is 430 g/mol. The highest BCUT2D eigenvalue weighted by atomic mass is 32.1. The predicted molar refractivity (Wildman–Crippen MR) is 120 cm³/mol. The van der Waals surface area contributed by atoms with Gasteiger partial charge in [0.1, 0.15) is 10.8 Å². The molecular formula is C24H31NO4S. The average Bonchev–Trinajstić information content (AvgIpc) is 3.08. The molecule has 0 spiro atoms. The first-order chi connectivity index (χ1) is 14.2. The van der Waals surface area contributed by atoms with Gasteiger partial charge in [0.25, 0.3) is 5.91 Å². The molecule has 1 heterocycles. The van der Waals surface area contributed by atoms with Gasteiger partial charge in [0.2, 0.25) is 0 Å². The second-order valence-corrected chi connectivity index (χ2v) is 9.93. The summed E-state index contributed by atoms with van der Waals surface area (Å²) in [5, 5.41) is 3.53. The zero-order chi connectivity index (χ0) is 21.9. The van der Waals surface area contributed by atoms with Crippen LogP contribution in [0.4, 0.5) is 5.00 Å². The van der Waals surface area contributed by atoms with Crippen LogP contribution in [0.15, 0.2) is 30.3 Å². The summed E-state index contributed by atoms with van der Waals surface area (Å²) in [5.41, 5.74) is 1.74. The molecule has 0 saturated carbocycles. The number of amides is 1. The van der Waals surface area contributed by atoms with Crippen molar-refractivity contribution in [2.75, 3.05) is 12.4 Å². The summed E-state index contributed by atoms with van der Waals surface area (Å²) in [6, 6.07) is 9.29. The van der Waals surface area contributed by atoms with Crippen LogP contribution < -0.4 is 10.1 Å². The Morgan fingerprint density at radius 2 is 1.93 bits per heavy atom. The van der Waals surface area contributed by atoms with Crippen LogP contribution in [0.25, 0.3) is 0 Å². The minimum Gasteiger partial charge on any atom is -0.481 e. The maximum atomic E-state index is 13.0. The van der Waals surface area contributed by atoms with E-state index in [0.29, 0.717) is 28.7 Å². The number of hydrogen-bond acceptors (Lipinski definition) is 5. The molecule has 1 aromatic carbocycles. The Hall–Kier alpha value is -2.34. The number of carbonyl (C=O) groups is 2. The number of carbonyl (C=O) groups excluding carboxylic acids is 2. The highest BCUT2D eigenvalue weighted by molar-refractivity contribution is 7.17. The number of esters is 1. The van der Waals surface area contributed by atoms with Crippen LogP contribution >= 0.6 is 11.3 Å². The molecule has 3 rings (SSSR count). The van der Waals surface area contributed by atoms with E-state index in [2.05, 4.69) is 26.1 Å². The first-order valence-electron chi connectivity index (χ1n) is 10.5. The summed E-state index contributed by atoms with van der Waals surface area (Å²) < 4.78 is 10.9. The SMILES string of the molecule is CCC(Oc1ccccc1)C(=O)Nc1sc2c(c1C(=O)OC)CCC(C(C)(C)C)C2. The molecule has 2 unspecified atom stereocenters. The van der Waals surface area contributed by atoms with Crippen molar-refractivity contribution >= 4 is 28.2 Å². The van der Waals surface area contributed by atoms with Crippen LogP contribution in [0, 0.1) is 11.3 Å². The summed E-state index contributed by atoms with van der Waals surface area (Å²) in [4.78, 5) is 26.7. The third kappa shape index (κ3) is 4.86. The number of benzene rings is 1. The van der Waals surface area contributed by atoms with E-state index in [4.69, 9.17) is 9.47 Å². The smallest absolute Gasteiger partial charge is 0.341 e. The maximum absolute atomic E-state index is 13.0. The van der Waals surface area contributed by atoms with E-state index in [1.807, 2.05) is 37.3 Å². The first kappa shape index (κ1) is 22.3. The molecule has 162 valence electrons. The molecule has 2 aromatic rings. The number of ether oxygens (including phenoxy) is 2. The second-order valence-electron chi connectivity index (χ2n) is 8.82. The lowest BCUT2D eigenvalue weighted by molar-refractivity contribution is -0.122. The quantitative estimate of drug-likeness (QED) is 0.618. The molecule has 2 atom stereocenters. The Bertz CT molecular complexity index is 898. The van der Waals surface area contributed by atoms with Gasteiger partial charge < -0.3 is 14.8 Å². The lowest BCUT2D eigenvalue weighted by Crippen LogP contribution is -2.32. The van der Waals surface area contributed by atoms with Crippen molar-refractivity contribution in [1.82, 2.24) is 0 Å². The molecule has 1 N–H and O–H groups in total. The van der Waals surface area contributed by atoms with Crippen molar-refractivity contribution in [2.45, 2.75) is 59.5 Å². The van der Waals surface area contributed by atoms with Crippen molar-refractivity contribution < 1.29 is 19.1 Å². The molecule has 6 heteroatoms. The van der Waals surface area contributed by atoms with E-state index in [0.717, 1.165) is 24.8 Å². The fourth-order valence-electron chi connectivity index (χ4n) is 3.91. The van der Waals surface area contributed by atoms with Crippen LogP contribution in [0.5, 0.6) is 5.75 Å². The molecular weight excluding hydrogens is 398 g/mol. The Morgan fingerprint density at radius 3 is 2.53 bits per heavy atom. The van der Waals surface area contributed by atoms with Gasteiger partial charge in [-0.05, 0) is 54.7 Å². The van der Waals surface area contributed by atoms with Crippen LogP contribution in [0.1, 0.15) is 61.3 Å². The Kier molecular flexibility index (Phi) is 6.86. The maximum Gasteiger partial charge on any atom is 0.341 e. The molecule has 0 aliphatic heterocycles. The summed E-state index contributed by atoms with van der Waals surface area (Å²) in [7, 11) is 1.38. The lowest BCUT2D eigenvalue weighted by Gasteiger charge is -2.33. The molecule has 1 aromatic heterocycles. The lowest BCUT2D eigenvalue weighted by atomic mass is 9.72. The first-order valence-corrected chi connectivity index (χ1v) is 11.3. The van der Waals surface area contributed by atoms with Gasteiger partial charge in [-0.3, -0.25) is 4.79 Å². The van der Waals surface area contributed by atoms with Gasteiger partial charge in [0.15, 0.2) is 6.10 Å². The van der Waals surface area contributed by atoms with E-state index in [9.17, 15) is 9.59 Å². The number of para-hydroxylation sites is 1. The minimum atomic E-state index is -0.639.